The molecule has 4 aromatic rings. The zero-order valence-electron chi connectivity index (χ0n) is 14.9. The molecule has 0 spiro atoms. The van der Waals surface area contributed by atoms with Crippen LogP contribution in [0, 0.1) is 4.77 Å². The summed E-state index contributed by atoms with van der Waals surface area (Å²) < 4.78 is 7.35. The normalized spacial score (nSPS) is 11.1. The Bertz CT molecular complexity index is 1260. The van der Waals surface area contributed by atoms with E-state index in [2.05, 4.69) is 10.1 Å². The Morgan fingerprint density at radius 3 is 2.54 bits per heavy atom. The Morgan fingerprint density at radius 1 is 0.964 bits per heavy atom. The lowest BCUT2D eigenvalue weighted by atomic mass is 10.2. The molecule has 0 fully saturated rings. The van der Waals surface area contributed by atoms with E-state index in [-0.39, 0.29) is 10.3 Å². The van der Waals surface area contributed by atoms with Crippen molar-refractivity contribution in [2.24, 2.45) is 5.10 Å². The number of benzene rings is 3. The van der Waals surface area contributed by atoms with Crippen LogP contribution in [0.15, 0.2) is 88.8 Å². The minimum atomic E-state index is -0.265. The van der Waals surface area contributed by atoms with Gasteiger partial charge < -0.3 is 9.72 Å². The van der Waals surface area contributed by atoms with Crippen LogP contribution in [0.2, 0.25) is 0 Å². The molecule has 0 atom stereocenters. The summed E-state index contributed by atoms with van der Waals surface area (Å²) in [6.45, 7) is 0.446. The Morgan fingerprint density at radius 2 is 1.68 bits per heavy atom. The van der Waals surface area contributed by atoms with Crippen LogP contribution in [0.4, 0.5) is 0 Å². The highest BCUT2D eigenvalue weighted by molar-refractivity contribution is 7.71. The average Bonchev–Trinajstić information content (AvgIpc) is 2.73. The molecule has 4 rings (SSSR count). The van der Waals surface area contributed by atoms with E-state index in [4.69, 9.17) is 17.0 Å². The summed E-state index contributed by atoms with van der Waals surface area (Å²) in [5.74, 6) is 0.679. The van der Waals surface area contributed by atoms with E-state index < -0.39 is 0 Å². The van der Waals surface area contributed by atoms with Crippen molar-refractivity contribution in [2.45, 2.75) is 6.61 Å². The fourth-order valence-corrected chi connectivity index (χ4v) is 3.07. The minimum absolute atomic E-state index is 0.239. The molecule has 3 aromatic carbocycles. The highest BCUT2D eigenvalue weighted by Gasteiger charge is 2.05. The van der Waals surface area contributed by atoms with Crippen LogP contribution in [0.1, 0.15) is 11.1 Å². The molecular weight excluding hydrogens is 370 g/mol. The summed E-state index contributed by atoms with van der Waals surface area (Å²) in [6.07, 6.45) is 1.58. The number of ether oxygens (including phenoxy) is 1. The quantitative estimate of drug-likeness (QED) is 0.405. The molecule has 28 heavy (non-hydrogen) atoms. The van der Waals surface area contributed by atoms with Crippen molar-refractivity contribution in [3.8, 4) is 5.75 Å². The molecule has 5 nitrogen and oxygen atoms in total. The standard InChI is InChI=1S/C22H17N3O2S/c26-21-18-11-5-6-12-19(18)24-22(28)25(21)23-14-17-10-4-7-13-20(17)27-15-16-8-2-1-3-9-16/h1-14H,15H2,(H,24,28)/b23-14-. The van der Waals surface area contributed by atoms with E-state index in [9.17, 15) is 4.79 Å². The SMILES string of the molecule is O=c1c2ccccc2[nH]c(=S)n1/N=C\c1ccccc1OCc1ccccc1. The number of H-pyrrole nitrogens is 1. The maximum Gasteiger partial charge on any atom is 0.282 e. The fraction of sp³-hybridized carbons (Fsp3) is 0.0455. The van der Waals surface area contributed by atoms with E-state index in [1.54, 1.807) is 18.3 Å². The molecule has 1 aromatic heterocycles. The molecule has 6 heteroatoms. The topological polar surface area (TPSA) is 59.4 Å². The Labute approximate surface area is 166 Å². The number of fused-ring (bicyclic) bond motifs is 1. The second kappa shape index (κ2) is 8.02. The third kappa shape index (κ3) is 3.77. The number of para-hydroxylation sites is 2. The van der Waals surface area contributed by atoms with Crippen molar-refractivity contribution in [3.63, 3.8) is 0 Å². The van der Waals surface area contributed by atoms with Gasteiger partial charge in [0.25, 0.3) is 5.56 Å². The number of aromatic nitrogens is 2. The molecule has 0 aliphatic carbocycles. The fourth-order valence-electron chi connectivity index (χ4n) is 2.83. The summed E-state index contributed by atoms with van der Waals surface area (Å²) in [7, 11) is 0. The van der Waals surface area contributed by atoms with Crippen LogP contribution in [-0.2, 0) is 6.61 Å². The highest BCUT2D eigenvalue weighted by atomic mass is 32.1. The second-order valence-electron chi connectivity index (χ2n) is 6.15. The van der Waals surface area contributed by atoms with Gasteiger partial charge in [-0.3, -0.25) is 4.79 Å². The smallest absolute Gasteiger partial charge is 0.282 e. The lowest BCUT2D eigenvalue weighted by Crippen LogP contribution is -2.18. The van der Waals surface area contributed by atoms with Gasteiger partial charge in [-0.25, -0.2) is 0 Å². The summed E-state index contributed by atoms with van der Waals surface area (Å²) in [6, 6.07) is 24.7. The van der Waals surface area contributed by atoms with Crippen LogP contribution in [0.3, 0.4) is 0 Å². The first-order chi connectivity index (χ1) is 13.7. The largest absolute Gasteiger partial charge is 0.488 e. The molecule has 0 aliphatic heterocycles. The molecule has 1 N–H and O–H groups in total. The predicted molar refractivity (Wildman–Crippen MR) is 114 cm³/mol. The number of nitrogens with zero attached hydrogens (tertiary/aromatic N) is 2. The van der Waals surface area contributed by atoms with Crippen molar-refractivity contribution >= 4 is 29.3 Å². The van der Waals surface area contributed by atoms with E-state index in [1.165, 1.54) is 4.68 Å². The zero-order valence-corrected chi connectivity index (χ0v) is 15.7. The number of hydrogen-bond acceptors (Lipinski definition) is 4. The molecule has 0 radical (unpaired) electrons. The maximum atomic E-state index is 12.7. The van der Waals surface area contributed by atoms with Gasteiger partial charge in [0.1, 0.15) is 12.4 Å². The van der Waals surface area contributed by atoms with Crippen LogP contribution in [0.25, 0.3) is 10.9 Å². The predicted octanol–water partition coefficient (Wildman–Crippen LogP) is 4.52. The highest BCUT2D eigenvalue weighted by Crippen LogP contribution is 2.18. The van der Waals surface area contributed by atoms with Gasteiger partial charge in [-0.05, 0) is 42.0 Å². The molecule has 0 unspecified atom stereocenters. The second-order valence-corrected chi connectivity index (χ2v) is 6.54. The first-order valence-corrected chi connectivity index (χ1v) is 9.17. The van der Waals surface area contributed by atoms with Gasteiger partial charge in [-0.2, -0.15) is 9.78 Å². The van der Waals surface area contributed by atoms with Crippen molar-refractivity contribution in [2.75, 3.05) is 0 Å². The molecule has 0 saturated carbocycles. The van der Waals surface area contributed by atoms with Crippen LogP contribution < -0.4 is 10.3 Å². The van der Waals surface area contributed by atoms with E-state index in [1.807, 2.05) is 66.7 Å². The van der Waals surface area contributed by atoms with Crippen molar-refractivity contribution < 1.29 is 4.74 Å². The van der Waals surface area contributed by atoms with E-state index >= 15 is 0 Å². The van der Waals surface area contributed by atoms with Crippen molar-refractivity contribution in [1.82, 2.24) is 9.66 Å². The monoisotopic (exact) mass is 387 g/mol. The third-order valence-electron chi connectivity index (χ3n) is 4.25. The van der Waals surface area contributed by atoms with Gasteiger partial charge in [0.05, 0.1) is 17.1 Å². The number of rotatable bonds is 5. The molecule has 0 aliphatic rings. The van der Waals surface area contributed by atoms with Crippen molar-refractivity contribution in [1.29, 1.82) is 0 Å². The zero-order chi connectivity index (χ0) is 19.3. The first kappa shape index (κ1) is 17.9. The number of aromatic amines is 1. The van der Waals surface area contributed by atoms with Gasteiger partial charge >= 0.3 is 0 Å². The van der Waals surface area contributed by atoms with Crippen LogP contribution in [-0.4, -0.2) is 15.9 Å². The Hall–Kier alpha value is -3.51. The summed E-state index contributed by atoms with van der Waals surface area (Å²) in [5.41, 5.74) is 2.25. The van der Waals surface area contributed by atoms with Gasteiger partial charge in [0, 0.05) is 5.56 Å². The van der Waals surface area contributed by atoms with E-state index in [0.717, 1.165) is 11.1 Å². The Kier molecular flexibility index (Phi) is 5.12. The lowest BCUT2D eigenvalue weighted by Gasteiger charge is -2.09. The van der Waals surface area contributed by atoms with Crippen LogP contribution in [0.5, 0.6) is 5.75 Å². The summed E-state index contributed by atoms with van der Waals surface area (Å²) >= 11 is 5.29. The first-order valence-electron chi connectivity index (χ1n) is 8.76. The van der Waals surface area contributed by atoms with Gasteiger partial charge in [-0.1, -0.05) is 54.6 Å². The lowest BCUT2D eigenvalue weighted by molar-refractivity contribution is 0.306. The number of nitrogens with one attached hydrogen (secondary N) is 1. The van der Waals surface area contributed by atoms with Crippen LogP contribution >= 0.6 is 12.2 Å². The minimum Gasteiger partial charge on any atom is -0.488 e. The molecule has 0 amide bonds. The molecular formula is C22H17N3O2S. The average molecular weight is 387 g/mol. The van der Waals surface area contributed by atoms with Gasteiger partial charge in [-0.15, -0.1) is 0 Å². The summed E-state index contributed by atoms with van der Waals surface area (Å²) in [5, 5.41) is 4.83. The molecule has 0 saturated heterocycles. The molecule has 0 bridgehead atoms. The maximum absolute atomic E-state index is 12.7. The van der Waals surface area contributed by atoms with Crippen molar-refractivity contribution in [3.05, 3.63) is 105 Å². The van der Waals surface area contributed by atoms with E-state index in [0.29, 0.717) is 23.3 Å². The third-order valence-corrected chi connectivity index (χ3v) is 4.53. The van der Waals surface area contributed by atoms with Gasteiger partial charge in [0.2, 0.25) is 4.77 Å². The van der Waals surface area contributed by atoms with Gasteiger partial charge in [0.15, 0.2) is 0 Å². The Balaban J connectivity index is 1.65. The number of hydrogen-bond donors (Lipinski definition) is 1. The summed E-state index contributed by atoms with van der Waals surface area (Å²) in [4.78, 5) is 15.7. The molecule has 138 valence electrons. The molecule has 1 heterocycles.